The van der Waals surface area contributed by atoms with Crippen LogP contribution in [-0.2, 0) is 0 Å². The smallest absolute Gasteiger partial charge is 0.316 e. The molecule has 11 heavy (non-hydrogen) atoms. The van der Waals surface area contributed by atoms with E-state index >= 15 is 0 Å². The fraction of sp³-hybridized carbons (Fsp3) is 0.333. The first kappa shape index (κ1) is 13.5. The lowest BCUT2D eigenvalue weighted by molar-refractivity contribution is 0.318. The number of aliphatic hydroxyl groups excluding tert-OH is 1. The van der Waals surface area contributed by atoms with E-state index in [2.05, 4.69) is 19.1 Å². The molecule has 0 heterocycles. The Hall–Kier alpha value is -0.0538. The van der Waals surface area contributed by atoms with Gasteiger partial charge in [-0.15, -0.1) is 0 Å². The number of rotatable bonds is 0. The van der Waals surface area contributed by atoms with E-state index < -0.39 is 0 Å². The Morgan fingerprint density at radius 2 is 1.55 bits per heavy atom. The Bertz CT molecular complexity index is 151. The van der Waals surface area contributed by atoms with E-state index in [1.165, 1.54) is 5.56 Å². The first-order valence-electron chi connectivity index (χ1n) is 3.43. The lowest BCUT2D eigenvalue weighted by Crippen LogP contribution is -1.62. The molecule has 60 valence electrons. The molecular weight excluding hydrogens is 148 g/mol. The second kappa shape index (κ2) is 9.95. The maximum atomic E-state index is 7.57. The van der Waals surface area contributed by atoms with Crippen LogP contribution in [0, 0.1) is 6.92 Å². The van der Waals surface area contributed by atoms with Gasteiger partial charge in [0, 0.05) is 6.61 Å². The summed E-state index contributed by atoms with van der Waals surface area (Å²) in [4.78, 5) is 0. The molecule has 2 heteroatoms. The van der Waals surface area contributed by atoms with Crippen LogP contribution in [0.1, 0.15) is 12.5 Å². The predicted octanol–water partition coefficient (Wildman–Crippen LogP) is 1.08. The molecule has 0 spiro atoms. The molecule has 1 aromatic rings. The highest BCUT2D eigenvalue weighted by molar-refractivity contribution is 5.75. The highest BCUT2D eigenvalue weighted by Gasteiger charge is 1.72. The van der Waals surface area contributed by atoms with Crippen molar-refractivity contribution in [3.63, 3.8) is 0 Å². The molecule has 0 amide bonds. The van der Waals surface area contributed by atoms with Crippen molar-refractivity contribution in [1.82, 2.24) is 0 Å². The van der Waals surface area contributed by atoms with Crippen LogP contribution in [0.4, 0.5) is 0 Å². The van der Waals surface area contributed by atoms with Gasteiger partial charge in [0.2, 0.25) is 0 Å². The highest BCUT2D eigenvalue weighted by atomic mass is 24.3. The van der Waals surface area contributed by atoms with E-state index in [0.29, 0.717) is 0 Å². The lowest BCUT2D eigenvalue weighted by atomic mass is 10.2. The average molecular weight is 165 g/mol. The zero-order valence-corrected chi connectivity index (χ0v) is 6.54. The molecule has 0 fully saturated rings. The molecule has 0 aromatic heterocycles. The zero-order valence-electron chi connectivity index (χ0n) is 6.54. The largest absolute Gasteiger partial charge is 0.397 e. The summed E-state index contributed by atoms with van der Waals surface area (Å²) in [6.07, 6.45) is 0. The average Bonchev–Trinajstić information content (AvgIpc) is 1.91. The van der Waals surface area contributed by atoms with Gasteiger partial charge in [0.05, 0.1) is 0 Å². The minimum Gasteiger partial charge on any atom is -0.397 e. The SMILES string of the molecule is CCO.Cc1ccccc1.[MgH2]. The van der Waals surface area contributed by atoms with Crippen LogP contribution in [0.25, 0.3) is 0 Å². The van der Waals surface area contributed by atoms with Gasteiger partial charge in [-0.25, -0.2) is 0 Å². The standard InChI is InChI=1S/C7H8.C2H6O.Mg.2H/c1-7-5-3-2-4-6-7;1-2-3;;;/h2-6H,1H3;3H,2H2,1H3;;;. The molecule has 1 rings (SSSR count). The van der Waals surface area contributed by atoms with E-state index in [0.717, 1.165) is 0 Å². The third-order valence-corrected chi connectivity index (χ3v) is 0.940. The van der Waals surface area contributed by atoms with Crippen molar-refractivity contribution >= 4 is 23.1 Å². The highest BCUT2D eigenvalue weighted by Crippen LogP contribution is 1.92. The van der Waals surface area contributed by atoms with Crippen LogP contribution in [0.15, 0.2) is 30.3 Å². The second-order valence-electron chi connectivity index (χ2n) is 1.97. The lowest BCUT2D eigenvalue weighted by Gasteiger charge is -1.82. The van der Waals surface area contributed by atoms with Crippen LogP contribution < -0.4 is 0 Å². The maximum Gasteiger partial charge on any atom is 0.316 e. The number of aliphatic hydroxyl groups is 1. The molecule has 0 unspecified atom stereocenters. The first-order chi connectivity index (χ1) is 4.81. The minimum atomic E-state index is 0. The number of aryl methyl sites for hydroxylation is 1. The van der Waals surface area contributed by atoms with Crippen molar-refractivity contribution in [2.45, 2.75) is 13.8 Å². The third-order valence-electron chi connectivity index (χ3n) is 0.940. The topological polar surface area (TPSA) is 20.2 Å². The molecule has 0 aliphatic carbocycles. The predicted molar refractivity (Wildman–Crippen MR) is 52.5 cm³/mol. The summed E-state index contributed by atoms with van der Waals surface area (Å²) in [5.74, 6) is 0. The van der Waals surface area contributed by atoms with Gasteiger partial charge in [0.15, 0.2) is 0 Å². The van der Waals surface area contributed by atoms with Gasteiger partial charge in [0.1, 0.15) is 0 Å². The van der Waals surface area contributed by atoms with Gasteiger partial charge in [-0.2, -0.15) is 0 Å². The van der Waals surface area contributed by atoms with E-state index in [9.17, 15) is 0 Å². The number of hydrogen-bond donors (Lipinski definition) is 1. The number of hydrogen-bond acceptors (Lipinski definition) is 1. The van der Waals surface area contributed by atoms with Crippen LogP contribution in [0.2, 0.25) is 0 Å². The normalized spacial score (nSPS) is 7.18. The summed E-state index contributed by atoms with van der Waals surface area (Å²) in [6, 6.07) is 10.3. The van der Waals surface area contributed by atoms with E-state index in [4.69, 9.17) is 5.11 Å². The molecule has 1 N–H and O–H groups in total. The van der Waals surface area contributed by atoms with Gasteiger partial charge in [-0.1, -0.05) is 35.9 Å². The molecular formula is C9H16MgO. The summed E-state index contributed by atoms with van der Waals surface area (Å²) in [5, 5.41) is 7.57. The molecule has 0 bridgehead atoms. The van der Waals surface area contributed by atoms with Crippen molar-refractivity contribution in [3.05, 3.63) is 35.9 Å². The van der Waals surface area contributed by atoms with Gasteiger partial charge in [-0.3, -0.25) is 0 Å². The van der Waals surface area contributed by atoms with E-state index in [1.807, 2.05) is 18.2 Å². The van der Waals surface area contributed by atoms with Gasteiger partial charge >= 0.3 is 23.1 Å². The Kier molecular flexibility index (Phi) is 12.2. The Morgan fingerprint density at radius 3 is 1.73 bits per heavy atom. The second-order valence-corrected chi connectivity index (χ2v) is 1.97. The number of benzene rings is 1. The van der Waals surface area contributed by atoms with Gasteiger partial charge in [0.25, 0.3) is 0 Å². The molecule has 0 atom stereocenters. The van der Waals surface area contributed by atoms with Crippen LogP contribution in [-0.4, -0.2) is 34.8 Å². The van der Waals surface area contributed by atoms with Crippen molar-refractivity contribution in [2.75, 3.05) is 6.61 Å². The van der Waals surface area contributed by atoms with Crippen LogP contribution in [0.3, 0.4) is 0 Å². The molecule has 0 saturated carbocycles. The molecule has 1 nitrogen and oxygen atoms in total. The summed E-state index contributed by atoms with van der Waals surface area (Å²) in [7, 11) is 0. The van der Waals surface area contributed by atoms with Crippen molar-refractivity contribution in [2.24, 2.45) is 0 Å². The van der Waals surface area contributed by atoms with Gasteiger partial charge in [-0.05, 0) is 13.8 Å². The Labute approximate surface area is 84.6 Å². The van der Waals surface area contributed by atoms with Crippen molar-refractivity contribution < 1.29 is 5.11 Å². The van der Waals surface area contributed by atoms with Crippen molar-refractivity contribution in [1.29, 1.82) is 0 Å². The zero-order chi connectivity index (χ0) is 7.82. The minimum absolute atomic E-state index is 0. The summed E-state index contributed by atoms with van der Waals surface area (Å²) in [5.41, 5.74) is 1.32. The third kappa shape index (κ3) is 9.95. The monoisotopic (exact) mass is 164 g/mol. The fourth-order valence-corrected chi connectivity index (χ4v) is 0.534. The fourth-order valence-electron chi connectivity index (χ4n) is 0.534. The Morgan fingerprint density at radius 1 is 1.18 bits per heavy atom. The molecule has 0 radical (unpaired) electrons. The Balaban J connectivity index is 0. The maximum absolute atomic E-state index is 7.57. The molecule has 1 aromatic carbocycles. The summed E-state index contributed by atoms with van der Waals surface area (Å²) >= 11 is 0. The van der Waals surface area contributed by atoms with Crippen molar-refractivity contribution in [3.8, 4) is 0 Å². The van der Waals surface area contributed by atoms with Crippen LogP contribution in [0.5, 0.6) is 0 Å². The first-order valence-corrected chi connectivity index (χ1v) is 3.43. The van der Waals surface area contributed by atoms with Crippen LogP contribution >= 0.6 is 0 Å². The molecule has 0 aliphatic heterocycles. The van der Waals surface area contributed by atoms with E-state index in [-0.39, 0.29) is 29.7 Å². The molecule has 0 saturated heterocycles. The van der Waals surface area contributed by atoms with E-state index in [1.54, 1.807) is 6.92 Å². The summed E-state index contributed by atoms with van der Waals surface area (Å²) in [6.45, 7) is 4.01. The van der Waals surface area contributed by atoms with Gasteiger partial charge < -0.3 is 5.11 Å². The summed E-state index contributed by atoms with van der Waals surface area (Å²) < 4.78 is 0. The molecule has 0 aliphatic rings. The quantitative estimate of drug-likeness (QED) is 0.569.